The largest absolute Gasteiger partial charge is 0.349 e. The fourth-order valence-electron chi connectivity index (χ4n) is 4.10. The minimum absolute atomic E-state index is 0.00576. The maximum Gasteiger partial charge on any atom is 0.251 e. The molecule has 1 heterocycles. The van der Waals surface area contributed by atoms with Crippen LogP contribution in [-0.4, -0.2) is 43.3 Å². The van der Waals surface area contributed by atoms with Crippen LogP contribution >= 0.6 is 0 Å². The lowest BCUT2D eigenvalue weighted by Crippen LogP contribution is -2.42. The van der Waals surface area contributed by atoms with Crippen molar-refractivity contribution in [2.24, 2.45) is 5.73 Å². The summed E-state index contributed by atoms with van der Waals surface area (Å²) in [6.07, 6.45) is 6.37. The number of hydrogen-bond acceptors (Lipinski definition) is 4. The standard InChI is InChI=1S/C20H31N3O3S/c1-14-6-11-18(27(25,26)23-12-4-3-5-15(23)2)13-19(14)20(24)22-17-9-7-16(21)8-10-17/h6,11,13,15-17H,3-5,7-10,12,21H2,1-2H3,(H,22,24). The first kappa shape index (κ1) is 20.3. The Labute approximate surface area is 162 Å². The molecule has 2 aliphatic rings. The highest BCUT2D eigenvalue weighted by molar-refractivity contribution is 7.89. The van der Waals surface area contributed by atoms with Gasteiger partial charge in [0.25, 0.3) is 5.91 Å². The molecule has 3 N–H and O–H groups in total. The number of aryl methyl sites for hydroxylation is 1. The number of rotatable bonds is 4. The van der Waals surface area contributed by atoms with Crippen LogP contribution in [0.4, 0.5) is 0 Å². The molecule has 27 heavy (non-hydrogen) atoms. The molecule has 2 fully saturated rings. The summed E-state index contributed by atoms with van der Waals surface area (Å²) in [5.41, 5.74) is 7.15. The Hall–Kier alpha value is -1.44. The molecule has 0 aromatic heterocycles. The Morgan fingerprint density at radius 3 is 2.52 bits per heavy atom. The molecule has 7 heteroatoms. The van der Waals surface area contributed by atoms with Crippen molar-refractivity contribution in [3.63, 3.8) is 0 Å². The quantitative estimate of drug-likeness (QED) is 0.822. The van der Waals surface area contributed by atoms with Crippen molar-refractivity contribution in [1.82, 2.24) is 9.62 Å². The molecular weight excluding hydrogens is 362 g/mol. The number of hydrogen-bond donors (Lipinski definition) is 2. The van der Waals surface area contributed by atoms with Crippen LogP contribution in [0, 0.1) is 6.92 Å². The third-order valence-electron chi connectivity index (χ3n) is 5.91. The van der Waals surface area contributed by atoms with Crippen molar-refractivity contribution in [3.8, 4) is 0 Å². The van der Waals surface area contributed by atoms with E-state index in [-0.39, 0.29) is 28.9 Å². The average Bonchev–Trinajstić information content (AvgIpc) is 2.64. The molecule has 150 valence electrons. The minimum atomic E-state index is -3.59. The topological polar surface area (TPSA) is 92.5 Å². The summed E-state index contributed by atoms with van der Waals surface area (Å²) in [7, 11) is -3.59. The molecule has 1 aromatic rings. The van der Waals surface area contributed by atoms with Gasteiger partial charge in [0, 0.05) is 30.2 Å². The summed E-state index contributed by atoms with van der Waals surface area (Å²) in [5, 5.41) is 3.06. The number of piperidine rings is 1. The van der Waals surface area contributed by atoms with Gasteiger partial charge in [0.1, 0.15) is 0 Å². The third-order valence-corrected chi connectivity index (χ3v) is 7.92. The summed E-state index contributed by atoms with van der Waals surface area (Å²) < 4.78 is 27.8. The lowest BCUT2D eigenvalue weighted by Gasteiger charge is -2.32. The van der Waals surface area contributed by atoms with E-state index in [9.17, 15) is 13.2 Å². The van der Waals surface area contributed by atoms with Crippen LogP contribution in [0.2, 0.25) is 0 Å². The van der Waals surface area contributed by atoms with Gasteiger partial charge < -0.3 is 11.1 Å². The first-order valence-corrected chi connectivity index (χ1v) is 11.4. The monoisotopic (exact) mass is 393 g/mol. The Morgan fingerprint density at radius 1 is 1.15 bits per heavy atom. The normalized spacial score (nSPS) is 27.3. The number of nitrogens with one attached hydrogen (secondary N) is 1. The third kappa shape index (κ3) is 4.52. The second kappa shape index (κ2) is 8.29. The van der Waals surface area contributed by atoms with E-state index in [0.717, 1.165) is 50.5 Å². The van der Waals surface area contributed by atoms with Gasteiger partial charge in [0.2, 0.25) is 10.0 Å². The van der Waals surface area contributed by atoms with E-state index >= 15 is 0 Å². The maximum atomic E-state index is 13.1. The average molecular weight is 394 g/mol. The van der Waals surface area contributed by atoms with Gasteiger partial charge in [0.15, 0.2) is 0 Å². The highest BCUT2D eigenvalue weighted by atomic mass is 32.2. The zero-order chi connectivity index (χ0) is 19.6. The van der Waals surface area contributed by atoms with Crippen LogP contribution in [0.3, 0.4) is 0 Å². The van der Waals surface area contributed by atoms with Crippen molar-refractivity contribution in [2.45, 2.75) is 81.8 Å². The Morgan fingerprint density at radius 2 is 1.85 bits per heavy atom. The van der Waals surface area contributed by atoms with Gasteiger partial charge in [-0.15, -0.1) is 0 Å². The molecule has 0 radical (unpaired) electrons. The van der Waals surface area contributed by atoms with E-state index in [4.69, 9.17) is 5.73 Å². The first-order chi connectivity index (χ1) is 12.8. The van der Waals surface area contributed by atoms with Crippen molar-refractivity contribution >= 4 is 15.9 Å². The molecular formula is C20H31N3O3S. The molecule has 6 nitrogen and oxygen atoms in total. The number of carbonyl (C=O) groups excluding carboxylic acids is 1. The molecule has 1 aliphatic heterocycles. The molecule has 1 aliphatic carbocycles. The van der Waals surface area contributed by atoms with Gasteiger partial charge >= 0.3 is 0 Å². The van der Waals surface area contributed by atoms with E-state index in [2.05, 4.69) is 5.32 Å². The van der Waals surface area contributed by atoms with Gasteiger partial charge in [-0.3, -0.25) is 4.79 Å². The molecule has 1 saturated heterocycles. The van der Waals surface area contributed by atoms with Gasteiger partial charge in [-0.05, 0) is 70.1 Å². The first-order valence-electron chi connectivity index (χ1n) is 9.98. The smallest absolute Gasteiger partial charge is 0.251 e. The van der Waals surface area contributed by atoms with Gasteiger partial charge in [-0.2, -0.15) is 4.31 Å². The fourth-order valence-corrected chi connectivity index (χ4v) is 5.82. The van der Waals surface area contributed by atoms with E-state index in [1.54, 1.807) is 16.4 Å². The van der Waals surface area contributed by atoms with Crippen LogP contribution in [-0.2, 0) is 10.0 Å². The Kier molecular flexibility index (Phi) is 6.23. The van der Waals surface area contributed by atoms with Gasteiger partial charge in [-0.1, -0.05) is 12.5 Å². The molecule has 1 saturated carbocycles. The highest BCUT2D eigenvalue weighted by Gasteiger charge is 2.31. The molecule has 0 bridgehead atoms. The maximum absolute atomic E-state index is 13.1. The minimum Gasteiger partial charge on any atom is -0.349 e. The van der Waals surface area contributed by atoms with Crippen LogP contribution in [0.1, 0.15) is 67.8 Å². The summed E-state index contributed by atoms with van der Waals surface area (Å²) in [4.78, 5) is 13.0. The second-order valence-corrected chi connectivity index (χ2v) is 9.91. The zero-order valence-corrected chi connectivity index (χ0v) is 17.1. The van der Waals surface area contributed by atoms with Crippen LogP contribution < -0.4 is 11.1 Å². The molecule has 1 aromatic carbocycles. The summed E-state index contributed by atoms with van der Waals surface area (Å²) >= 11 is 0. The Bertz CT molecular complexity index is 786. The zero-order valence-electron chi connectivity index (χ0n) is 16.3. The number of carbonyl (C=O) groups is 1. The number of nitrogens with two attached hydrogens (primary N) is 1. The molecule has 1 atom stereocenters. The second-order valence-electron chi connectivity index (χ2n) is 8.02. The van der Waals surface area contributed by atoms with E-state index in [1.807, 2.05) is 13.8 Å². The molecule has 1 unspecified atom stereocenters. The van der Waals surface area contributed by atoms with Crippen molar-refractivity contribution in [1.29, 1.82) is 0 Å². The number of nitrogens with zero attached hydrogens (tertiary/aromatic N) is 1. The lowest BCUT2D eigenvalue weighted by molar-refractivity contribution is 0.0925. The molecule has 3 rings (SSSR count). The number of amides is 1. The van der Waals surface area contributed by atoms with E-state index in [0.29, 0.717) is 12.1 Å². The van der Waals surface area contributed by atoms with Crippen molar-refractivity contribution < 1.29 is 13.2 Å². The van der Waals surface area contributed by atoms with E-state index in [1.165, 1.54) is 6.07 Å². The van der Waals surface area contributed by atoms with Crippen molar-refractivity contribution in [3.05, 3.63) is 29.3 Å². The highest BCUT2D eigenvalue weighted by Crippen LogP contribution is 2.26. The predicted octanol–water partition coefficient (Wildman–Crippen LogP) is 2.56. The number of benzene rings is 1. The fraction of sp³-hybridized carbons (Fsp3) is 0.650. The van der Waals surface area contributed by atoms with Gasteiger partial charge in [0.05, 0.1) is 4.90 Å². The van der Waals surface area contributed by atoms with Crippen molar-refractivity contribution in [2.75, 3.05) is 6.54 Å². The SMILES string of the molecule is Cc1ccc(S(=O)(=O)N2CCCCC2C)cc1C(=O)NC1CCC(N)CC1. The summed E-state index contributed by atoms with van der Waals surface area (Å²) in [6, 6.07) is 5.21. The molecule has 1 amide bonds. The van der Waals surface area contributed by atoms with Crippen LogP contribution in [0.5, 0.6) is 0 Å². The predicted molar refractivity (Wildman–Crippen MR) is 106 cm³/mol. The Balaban J connectivity index is 1.80. The van der Waals surface area contributed by atoms with E-state index < -0.39 is 10.0 Å². The number of sulfonamides is 1. The van der Waals surface area contributed by atoms with Gasteiger partial charge in [-0.25, -0.2) is 8.42 Å². The summed E-state index contributed by atoms with van der Waals surface area (Å²) in [6.45, 7) is 4.33. The van der Waals surface area contributed by atoms with Crippen LogP contribution in [0.25, 0.3) is 0 Å². The summed E-state index contributed by atoms with van der Waals surface area (Å²) in [5.74, 6) is -0.197. The van der Waals surface area contributed by atoms with Crippen LogP contribution in [0.15, 0.2) is 23.1 Å². The molecule has 0 spiro atoms. The lowest BCUT2D eigenvalue weighted by atomic mass is 9.91.